The highest BCUT2D eigenvalue weighted by atomic mass is 15.4. The predicted molar refractivity (Wildman–Crippen MR) is 73.2 cm³/mol. The Labute approximate surface area is 110 Å². The molecule has 1 aliphatic rings. The van der Waals surface area contributed by atoms with Crippen LogP contribution in [0.4, 0.5) is 0 Å². The first kappa shape index (κ1) is 13.5. The van der Waals surface area contributed by atoms with Crippen molar-refractivity contribution >= 4 is 0 Å². The normalized spacial score (nSPS) is 27.3. The van der Waals surface area contributed by atoms with Crippen LogP contribution in [0, 0.1) is 11.3 Å². The van der Waals surface area contributed by atoms with Crippen LogP contribution in [0.1, 0.15) is 46.5 Å². The molecule has 1 aliphatic carbocycles. The monoisotopic (exact) mass is 250 g/mol. The van der Waals surface area contributed by atoms with Gasteiger partial charge in [0.2, 0.25) is 0 Å². The Morgan fingerprint density at radius 3 is 2.89 bits per heavy atom. The topological polar surface area (TPSA) is 42.7 Å². The molecule has 0 radical (unpaired) electrons. The number of rotatable bonds is 5. The van der Waals surface area contributed by atoms with Gasteiger partial charge in [-0.25, -0.2) is 0 Å². The Balaban J connectivity index is 1.67. The molecule has 0 aromatic carbocycles. The van der Waals surface area contributed by atoms with E-state index in [-0.39, 0.29) is 0 Å². The van der Waals surface area contributed by atoms with E-state index in [2.05, 4.69) is 36.4 Å². The Kier molecular flexibility index (Phi) is 4.38. The van der Waals surface area contributed by atoms with E-state index in [4.69, 9.17) is 0 Å². The molecule has 4 heteroatoms. The molecule has 0 saturated heterocycles. The standard InChI is InChI=1S/C14H26N4/c1-12-9-13(11-14(2,3)10-12)15-5-4-7-18-8-6-16-17-18/h6,8,12-13,15H,4-5,7,9-11H2,1-3H3. The second-order valence-electron chi connectivity index (χ2n) is 6.58. The van der Waals surface area contributed by atoms with E-state index in [1.165, 1.54) is 19.3 Å². The van der Waals surface area contributed by atoms with Crippen LogP contribution in [-0.2, 0) is 6.54 Å². The second-order valence-corrected chi connectivity index (χ2v) is 6.58. The number of aromatic nitrogens is 3. The molecule has 1 heterocycles. The Bertz CT molecular complexity index is 345. The fraction of sp³-hybridized carbons (Fsp3) is 0.857. The van der Waals surface area contributed by atoms with Crippen LogP contribution in [0.5, 0.6) is 0 Å². The average Bonchev–Trinajstić information content (AvgIpc) is 2.74. The average molecular weight is 250 g/mol. The van der Waals surface area contributed by atoms with E-state index in [0.717, 1.165) is 25.4 Å². The van der Waals surface area contributed by atoms with Crippen molar-refractivity contribution in [2.75, 3.05) is 6.54 Å². The van der Waals surface area contributed by atoms with E-state index >= 15 is 0 Å². The van der Waals surface area contributed by atoms with Crippen LogP contribution in [-0.4, -0.2) is 27.6 Å². The number of nitrogens with one attached hydrogen (secondary N) is 1. The highest BCUT2D eigenvalue weighted by Crippen LogP contribution is 2.38. The summed E-state index contributed by atoms with van der Waals surface area (Å²) in [5.74, 6) is 0.849. The molecule has 0 spiro atoms. The van der Waals surface area contributed by atoms with Gasteiger partial charge < -0.3 is 5.32 Å². The molecule has 0 amide bonds. The Morgan fingerprint density at radius 1 is 1.39 bits per heavy atom. The largest absolute Gasteiger partial charge is 0.314 e. The summed E-state index contributed by atoms with van der Waals surface area (Å²) in [5.41, 5.74) is 0.501. The fourth-order valence-electron chi connectivity index (χ4n) is 3.40. The zero-order valence-corrected chi connectivity index (χ0v) is 11.9. The predicted octanol–water partition coefficient (Wildman–Crippen LogP) is 2.47. The van der Waals surface area contributed by atoms with Crippen LogP contribution in [0.25, 0.3) is 0 Å². The molecule has 1 aromatic heterocycles. The maximum absolute atomic E-state index is 3.97. The van der Waals surface area contributed by atoms with Crippen LogP contribution in [0.2, 0.25) is 0 Å². The highest BCUT2D eigenvalue weighted by Gasteiger charge is 2.31. The molecule has 2 rings (SSSR count). The molecule has 1 fully saturated rings. The SMILES string of the molecule is CC1CC(NCCCn2ccnn2)CC(C)(C)C1. The Morgan fingerprint density at radius 2 is 2.22 bits per heavy atom. The molecule has 102 valence electrons. The van der Waals surface area contributed by atoms with Gasteiger partial charge in [0, 0.05) is 18.8 Å². The molecule has 4 nitrogen and oxygen atoms in total. The summed E-state index contributed by atoms with van der Waals surface area (Å²) in [4.78, 5) is 0. The van der Waals surface area contributed by atoms with Crippen molar-refractivity contribution in [1.29, 1.82) is 0 Å². The van der Waals surface area contributed by atoms with Crippen molar-refractivity contribution in [3.05, 3.63) is 12.4 Å². The molecular weight excluding hydrogens is 224 g/mol. The highest BCUT2D eigenvalue weighted by molar-refractivity contribution is 4.86. The van der Waals surface area contributed by atoms with Gasteiger partial charge in [0.25, 0.3) is 0 Å². The van der Waals surface area contributed by atoms with Gasteiger partial charge in [0.05, 0.1) is 6.20 Å². The van der Waals surface area contributed by atoms with Gasteiger partial charge in [-0.05, 0) is 43.6 Å². The smallest absolute Gasteiger partial charge is 0.0692 e. The number of hydrogen-bond acceptors (Lipinski definition) is 3. The van der Waals surface area contributed by atoms with Crippen LogP contribution in [0.3, 0.4) is 0 Å². The third kappa shape index (κ3) is 4.09. The van der Waals surface area contributed by atoms with E-state index in [0.29, 0.717) is 11.5 Å². The van der Waals surface area contributed by atoms with Gasteiger partial charge in [-0.2, -0.15) is 0 Å². The molecule has 1 saturated carbocycles. The van der Waals surface area contributed by atoms with E-state index in [1.54, 1.807) is 6.20 Å². The summed E-state index contributed by atoms with van der Waals surface area (Å²) < 4.78 is 1.90. The molecule has 0 bridgehead atoms. The molecule has 1 aromatic rings. The van der Waals surface area contributed by atoms with Crippen molar-refractivity contribution in [3.8, 4) is 0 Å². The zero-order chi connectivity index (χ0) is 13.0. The lowest BCUT2D eigenvalue weighted by Gasteiger charge is -2.39. The minimum absolute atomic E-state index is 0.501. The van der Waals surface area contributed by atoms with Crippen molar-refractivity contribution in [1.82, 2.24) is 20.3 Å². The summed E-state index contributed by atoms with van der Waals surface area (Å²) in [6.45, 7) is 9.20. The summed E-state index contributed by atoms with van der Waals surface area (Å²) in [5, 5.41) is 11.5. The van der Waals surface area contributed by atoms with Crippen molar-refractivity contribution in [3.63, 3.8) is 0 Å². The lowest BCUT2D eigenvalue weighted by atomic mass is 9.70. The van der Waals surface area contributed by atoms with Crippen molar-refractivity contribution in [2.24, 2.45) is 11.3 Å². The van der Waals surface area contributed by atoms with Crippen molar-refractivity contribution < 1.29 is 0 Å². The molecule has 18 heavy (non-hydrogen) atoms. The summed E-state index contributed by atoms with van der Waals surface area (Å²) in [7, 11) is 0. The molecule has 2 atom stereocenters. The first-order valence-electron chi connectivity index (χ1n) is 7.13. The maximum atomic E-state index is 3.97. The lowest BCUT2D eigenvalue weighted by Crippen LogP contribution is -2.40. The number of nitrogens with zero attached hydrogens (tertiary/aromatic N) is 3. The van der Waals surface area contributed by atoms with Crippen LogP contribution < -0.4 is 5.32 Å². The zero-order valence-electron chi connectivity index (χ0n) is 11.9. The quantitative estimate of drug-likeness (QED) is 0.816. The van der Waals surface area contributed by atoms with Crippen LogP contribution in [0.15, 0.2) is 12.4 Å². The Hall–Kier alpha value is -0.900. The lowest BCUT2D eigenvalue weighted by molar-refractivity contribution is 0.151. The maximum Gasteiger partial charge on any atom is 0.0692 e. The summed E-state index contributed by atoms with van der Waals surface area (Å²) >= 11 is 0. The minimum atomic E-state index is 0.501. The third-order valence-corrected chi connectivity index (χ3v) is 3.86. The van der Waals surface area contributed by atoms with Crippen LogP contribution >= 0.6 is 0 Å². The first-order valence-corrected chi connectivity index (χ1v) is 7.13. The minimum Gasteiger partial charge on any atom is -0.314 e. The van der Waals surface area contributed by atoms with E-state index < -0.39 is 0 Å². The van der Waals surface area contributed by atoms with E-state index in [1.807, 2.05) is 10.9 Å². The fourth-order valence-corrected chi connectivity index (χ4v) is 3.40. The number of hydrogen-bond donors (Lipinski definition) is 1. The van der Waals surface area contributed by atoms with Gasteiger partial charge >= 0.3 is 0 Å². The van der Waals surface area contributed by atoms with Crippen molar-refractivity contribution in [2.45, 2.75) is 59.0 Å². The summed E-state index contributed by atoms with van der Waals surface area (Å²) in [6, 6.07) is 0.694. The molecule has 0 aliphatic heterocycles. The van der Waals surface area contributed by atoms with Gasteiger partial charge in [-0.1, -0.05) is 26.0 Å². The second kappa shape index (κ2) is 5.83. The van der Waals surface area contributed by atoms with Gasteiger partial charge in [0.15, 0.2) is 0 Å². The number of aryl methyl sites for hydroxylation is 1. The molecule has 1 N–H and O–H groups in total. The van der Waals surface area contributed by atoms with Gasteiger partial charge in [-0.15, -0.1) is 5.10 Å². The molecular formula is C14H26N4. The van der Waals surface area contributed by atoms with E-state index in [9.17, 15) is 0 Å². The van der Waals surface area contributed by atoms with Gasteiger partial charge in [-0.3, -0.25) is 4.68 Å². The first-order chi connectivity index (χ1) is 8.55. The molecule has 2 unspecified atom stereocenters. The summed E-state index contributed by atoms with van der Waals surface area (Å²) in [6.07, 6.45) is 8.77. The van der Waals surface area contributed by atoms with Gasteiger partial charge in [0.1, 0.15) is 0 Å². The third-order valence-electron chi connectivity index (χ3n) is 3.86.